The highest BCUT2D eigenvalue weighted by Crippen LogP contribution is 2.21. The molecule has 0 aliphatic rings. The molecule has 0 saturated heterocycles. The molecule has 1 aromatic heterocycles. The Morgan fingerprint density at radius 1 is 0.964 bits per heavy atom. The Bertz CT molecular complexity index is 1070. The Balaban J connectivity index is 1.71. The first-order valence-electron chi connectivity index (χ1n) is 8.56. The van der Waals surface area contributed by atoms with E-state index in [1.165, 1.54) is 24.1 Å². The van der Waals surface area contributed by atoms with Gasteiger partial charge in [0.05, 0.1) is 0 Å². The monoisotopic (exact) mass is 377 g/mol. The topological polar surface area (TPSA) is 81.5 Å². The summed E-state index contributed by atoms with van der Waals surface area (Å²) in [5.74, 6) is -0.507. The molecule has 1 heterocycles. The van der Waals surface area contributed by atoms with Gasteiger partial charge in [0.1, 0.15) is 5.75 Å². The van der Waals surface area contributed by atoms with E-state index in [0.717, 1.165) is 10.2 Å². The largest absolute Gasteiger partial charge is 0.422 e. The predicted octanol–water partition coefficient (Wildman–Crippen LogP) is 2.58. The van der Waals surface area contributed by atoms with Gasteiger partial charge in [-0.15, -0.1) is 0 Å². The number of aryl methyl sites for hydroxylation is 2. The van der Waals surface area contributed by atoms with Crippen molar-refractivity contribution < 1.29 is 14.3 Å². The highest BCUT2D eigenvalue weighted by Gasteiger charge is 2.15. The highest BCUT2D eigenvalue weighted by molar-refractivity contribution is 6.05. The second kappa shape index (κ2) is 7.87. The number of hydrogen-bond donors (Lipinski definition) is 0. The molecule has 0 N–H and O–H groups in total. The molecule has 0 aliphatic carbocycles. The molecule has 142 valence electrons. The number of esters is 1. The summed E-state index contributed by atoms with van der Waals surface area (Å²) in [5.41, 5.74) is 2.04. The van der Waals surface area contributed by atoms with Crippen molar-refractivity contribution in [2.45, 2.75) is 6.92 Å². The summed E-state index contributed by atoms with van der Waals surface area (Å²) in [6.45, 7) is 1.96. The van der Waals surface area contributed by atoms with E-state index in [1.807, 2.05) is 19.1 Å². The van der Waals surface area contributed by atoms with E-state index < -0.39 is 5.97 Å². The standard InChI is InChI=1S/C21H19N3O4/c1-14-4-6-15(7-5-14)20(26)23(2)16-8-10-17(11-9-16)28-21(27)18-12-13-19(25)24(3)22-18/h4-13H,1-3H3. The minimum atomic E-state index is -0.674. The summed E-state index contributed by atoms with van der Waals surface area (Å²) in [5, 5.41) is 3.85. The van der Waals surface area contributed by atoms with Crippen LogP contribution in [0.4, 0.5) is 5.69 Å². The van der Waals surface area contributed by atoms with Crippen LogP contribution in [0.3, 0.4) is 0 Å². The maximum Gasteiger partial charge on any atom is 0.364 e. The quantitative estimate of drug-likeness (QED) is 0.516. The lowest BCUT2D eigenvalue weighted by molar-refractivity contribution is 0.0725. The first kappa shape index (κ1) is 19.0. The summed E-state index contributed by atoms with van der Waals surface area (Å²) < 4.78 is 6.33. The van der Waals surface area contributed by atoms with Gasteiger partial charge in [0, 0.05) is 31.4 Å². The summed E-state index contributed by atoms with van der Waals surface area (Å²) in [7, 11) is 3.13. The summed E-state index contributed by atoms with van der Waals surface area (Å²) in [6.07, 6.45) is 0. The van der Waals surface area contributed by atoms with Crippen LogP contribution in [0.2, 0.25) is 0 Å². The minimum Gasteiger partial charge on any atom is -0.422 e. The molecular weight excluding hydrogens is 358 g/mol. The van der Waals surface area contributed by atoms with Gasteiger partial charge in [-0.2, -0.15) is 5.10 Å². The number of amides is 1. The summed E-state index contributed by atoms with van der Waals surface area (Å²) in [6, 6.07) is 16.4. The van der Waals surface area contributed by atoms with Crippen molar-refractivity contribution >= 4 is 17.6 Å². The fourth-order valence-corrected chi connectivity index (χ4v) is 2.52. The lowest BCUT2D eigenvalue weighted by Gasteiger charge is -2.18. The molecule has 7 heteroatoms. The van der Waals surface area contributed by atoms with Gasteiger partial charge in [-0.1, -0.05) is 17.7 Å². The number of anilines is 1. The summed E-state index contributed by atoms with van der Waals surface area (Å²) in [4.78, 5) is 37.6. The van der Waals surface area contributed by atoms with E-state index >= 15 is 0 Å². The zero-order valence-corrected chi connectivity index (χ0v) is 15.7. The molecule has 7 nitrogen and oxygen atoms in total. The third-order valence-corrected chi connectivity index (χ3v) is 4.21. The third kappa shape index (κ3) is 4.15. The molecule has 0 bridgehead atoms. The third-order valence-electron chi connectivity index (χ3n) is 4.21. The average Bonchev–Trinajstić information content (AvgIpc) is 2.70. The Labute approximate surface area is 161 Å². The van der Waals surface area contributed by atoms with Crippen LogP contribution in [0.15, 0.2) is 65.5 Å². The number of benzene rings is 2. The van der Waals surface area contributed by atoms with Crippen LogP contribution in [-0.4, -0.2) is 28.7 Å². The number of hydrogen-bond acceptors (Lipinski definition) is 5. The molecule has 0 fully saturated rings. The van der Waals surface area contributed by atoms with Crippen LogP contribution in [0.5, 0.6) is 5.75 Å². The van der Waals surface area contributed by atoms with Gasteiger partial charge in [-0.25, -0.2) is 9.48 Å². The number of aromatic nitrogens is 2. The van der Waals surface area contributed by atoms with Crippen LogP contribution in [0.1, 0.15) is 26.4 Å². The van der Waals surface area contributed by atoms with Crippen molar-refractivity contribution in [3.05, 3.63) is 87.8 Å². The van der Waals surface area contributed by atoms with E-state index in [1.54, 1.807) is 43.4 Å². The van der Waals surface area contributed by atoms with Crippen LogP contribution in [0.25, 0.3) is 0 Å². The van der Waals surface area contributed by atoms with Gasteiger partial charge in [-0.05, 0) is 49.4 Å². The van der Waals surface area contributed by atoms with Gasteiger partial charge < -0.3 is 9.64 Å². The Kier molecular flexibility index (Phi) is 5.35. The molecule has 3 aromatic rings. The number of ether oxygens (including phenoxy) is 1. The zero-order chi connectivity index (χ0) is 20.3. The molecule has 1 amide bonds. The predicted molar refractivity (Wildman–Crippen MR) is 105 cm³/mol. The van der Waals surface area contributed by atoms with Crippen LogP contribution < -0.4 is 15.2 Å². The van der Waals surface area contributed by atoms with Gasteiger partial charge >= 0.3 is 5.97 Å². The summed E-state index contributed by atoms with van der Waals surface area (Å²) >= 11 is 0. The Morgan fingerprint density at radius 3 is 2.21 bits per heavy atom. The normalized spacial score (nSPS) is 10.4. The molecule has 0 saturated carbocycles. The lowest BCUT2D eigenvalue weighted by atomic mass is 10.1. The van der Waals surface area contributed by atoms with Crippen molar-refractivity contribution in [1.29, 1.82) is 0 Å². The minimum absolute atomic E-state index is 0.0258. The molecule has 2 aromatic carbocycles. The van der Waals surface area contributed by atoms with E-state index in [9.17, 15) is 14.4 Å². The van der Waals surface area contributed by atoms with Crippen LogP contribution in [-0.2, 0) is 7.05 Å². The van der Waals surface area contributed by atoms with E-state index in [2.05, 4.69) is 5.10 Å². The molecule has 0 unspecified atom stereocenters. The van der Waals surface area contributed by atoms with E-state index in [0.29, 0.717) is 17.0 Å². The lowest BCUT2D eigenvalue weighted by Crippen LogP contribution is -2.26. The SMILES string of the molecule is Cc1ccc(C(=O)N(C)c2ccc(OC(=O)c3ccc(=O)n(C)n3)cc2)cc1. The van der Waals surface area contributed by atoms with E-state index in [4.69, 9.17) is 4.74 Å². The fraction of sp³-hybridized carbons (Fsp3) is 0.143. The smallest absolute Gasteiger partial charge is 0.364 e. The second-order valence-corrected chi connectivity index (χ2v) is 6.29. The molecule has 3 rings (SSSR count). The number of rotatable bonds is 4. The van der Waals surface area contributed by atoms with Crippen molar-refractivity contribution in [3.63, 3.8) is 0 Å². The van der Waals surface area contributed by atoms with Gasteiger partial charge in [-0.3, -0.25) is 9.59 Å². The number of carbonyl (C=O) groups is 2. The fourth-order valence-electron chi connectivity index (χ4n) is 2.52. The van der Waals surface area contributed by atoms with Gasteiger partial charge in [0.15, 0.2) is 5.69 Å². The maximum atomic E-state index is 12.6. The van der Waals surface area contributed by atoms with Crippen molar-refractivity contribution in [2.24, 2.45) is 7.05 Å². The Morgan fingerprint density at radius 2 is 1.61 bits per heavy atom. The maximum absolute atomic E-state index is 12.6. The zero-order valence-electron chi connectivity index (χ0n) is 15.7. The molecule has 0 aliphatic heterocycles. The van der Waals surface area contributed by atoms with Crippen molar-refractivity contribution in [1.82, 2.24) is 9.78 Å². The Hall–Kier alpha value is -3.74. The molecule has 0 radical (unpaired) electrons. The van der Waals surface area contributed by atoms with E-state index in [-0.39, 0.29) is 17.2 Å². The molecule has 0 atom stereocenters. The van der Waals surface area contributed by atoms with Crippen LogP contribution >= 0.6 is 0 Å². The number of carbonyl (C=O) groups excluding carboxylic acids is 2. The first-order chi connectivity index (χ1) is 13.3. The van der Waals surface area contributed by atoms with Crippen molar-refractivity contribution in [2.75, 3.05) is 11.9 Å². The van der Waals surface area contributed by atoms with Crippen molar-refractivity contribution in [3.8, 4) is 5.75 Å². The highest BCUT2D eigenvalue weighted by atomic mass is 16.5. The number of nitrogens with zero attached hydrogens (tertiary/aromatic N) is 3. The molecular formula is C21H19N3O4. The first-order valence-corrected chi connectivity index (χ1v) is 8.56. The van der Waals surface area contributed by atoms with Crippen LogP contribution in [0, 0.1) is 6.92 Å². The average molecular weight is 377 g/mol. The molecule has 28 heavy (non-hydrogen) atoms. The van der Waals surface area contributed by atoms with Gasteiger partial charge in [0.25, 0.3) is 11.5 Å². The second-order valence-electron chi connectivity index (χ2n) is 6.29. The molecule has 0 spiro atoms. The van der Waals surface area contributed by atoms with Gasteiger partial charge in [0.2, 0.25) is 0 Å².